The highest BCUT2D eigenvalue weighted by atomic mass is 35.5. The Balaban J connectivity index is 1.79. The van der Waals surface area contributed by atoms with Crippen molar-refractivity contribution in [2.75, 3.05) is 0 Å². The summed E-state index contributed by atoms with van der Waals surface area (Å²) in [4.78, 5) is 0. The average Bonchev–Trinajstić information content (AvgIpc) is 2.97. The largest absolute Gasteiger partial charge is 0.507 e. The Hall–Kier alpha value is -2.64. The molecule has 1 aromatic heterocycles. The minimum Gasteiger partial charge on any atom is -0.507 e. The molecule has 0 atom stereocenters. The number of aromatic hydroxyl groups is 1. The van der Waals surface area contributed by atoms with Crippen LogP contribution in [0.3, 0.4) is 0 Å². The van der Waals surface area contributed by atoms with Gasteiger partial charge in [-0.25, -0.2) is 5.10 Å². The summed E-state index contributed by atoms with van der Waals surface area (Å²) >= 11 is 11.1. The van der Waals surface area contributed by atoms with E-state index in [2.05, 4.69) is 15.3 Å². The Morgan fingerprint density at radius 2 is 1.92 bits per heavy atom. The first-order chi connectivity index (χ1) is 12.4. The van der Waals surface area contributed by atoms with Gasteiger partial charge in [0.1, 0.15) is 18.1 Å². The van der Waals surface area contributed by atoms with Gasteiger partial charge in [-0.05, 0) is 79.2 Å². The van der Waals surface area contributed by atoms with Gasteiger partial charge in [0.2, 0.25) is 4.77 Å². The van der Waals surface area contributed by atoms with Crippen LogP contribution >= 0.6 is 23.8 Å². The summed E-state index contributed by atoms with van der Waals surface area (Å²) in [7, 11) is 0. The lowest BCUT2D eigenvalue weighted by molar-refractivity contribution is 0.290. The minimum absolute atomic E-state index is 0.194. The smallest absolute Gasteiger partial charge is 0.216 e. The molecule has 0 amide bonds. The second kappa shape index (κ2) is 7.72. The molecular weight excluding hydrogens is 372 g/mol. The number of benzene rings is 2. The van der Waals surface area contributed by atoms with Gasteiger partial charge in [-0.1, -0.05) is 11.6 Å². The van der Waals surface area contributed by atoms with Gasteiger partial charge in [0.05, 0.1) is 6.21 Å². The van der Waals surface area contributed by atoms with E-state index in [0.29, 0.717) is 27.1 Å². The van der Waals surface area contributed by atoms with Crippen molar-refractivity contribution in [3.8, 4) is 11.5 Å². The number of hydrogen-bond acceptors (Lipinski definition) is 5. The van der Waals surface area contributed by atoms with E-state index in [1.54, 1.807) is 30.5 Å². The summed E-state index contributed by atoms with van der Waals surface area (Å²) < 4.78 is 7.56. The molecule has 2 N–H and O–H groups in total. The standard InChI is InChI=1S/C18H17ClN4O2S/c1-11-7-13(8-12(2)17(11)24)9-20-23-16(21-22-18(23)26)10-25-15-5-3-14(19)4-6-15/h3-9,24H,10H2,1-2H3,(H,22,26)/b20-9+. The topological polar surface area (TPSA) is 75.4 Å². The third-order valence-electron chi connectivity index (χ3n) is 3.73. The maximum absolute atomic E-state index is 9.86. The fraction of sp³-hybridized carbons (Fsp3) is 0.167. The maximum atomic E-state index is 9.86. The molecule has 0 aliphatic carbocycles. The lowest BCUT2D eigenvalue weighted by Gasteiger charge is -2.06. The molecule has 0 radical (unpaired) electrons. The predicted molar refractivity (Wildman–Crippen MR) is 104 cm³/mol. The number of nitrogens with zero attached hydrogens (tertiary/aromatic N) is 3. The third-order valence-corrected chi connectivity index (χ3v) is 4.25. The van der Waals surface area contributed by atoms with Crippen molar-refractivity contribution in [2.45, 2.75) is 20.5 Å². The minimum atomic E-state index is 0.194. The Kier molecular flexibility index (Phi) is 5.39. The highest BCUT2D eigenvalue weighted by Gasteiger charge is 2.07. The van der Waals surface area contributed by atoms with Crippen molar-refractivity contribution in [1.82, 2.24) is 14.9 Å². The molecule has 0 aliphatic rings. The molecule has 6 nitrogen and oxygen atoms in total. The van der Waals surface area contributed by atoms with E-state index in [-0.39, 0.29) is 6.61 Å². The van der Waals surface area contributed by atoms with Crippen LogP contribution in [0.4, 0.5) is 0 Å². The summed E-state index contributed by atoms with van der Waals surface area (Å²) in [5.74, 6) is 1.50. The van der Waals surface area contributed by atoms with E-state index in [1.807, 2.05) is 26.0 Å². The summed E-state index contributed by atoms with van der Waals surface area (Å²) in [6, 6.07) is 10.8. The van der Waals surface area contributed by atoms with E-state index >= 15 is 0 Å². The van der Waals surface area contributed by atoms with E-state index < -0.39 is 0 Å². The van der Waals surface area contributed by atoms with Crippen molar-refractivity contribution >= 4 is 30.0 Å². The van der Waals surface area contributed by atoms with Gasteiger partial charge >= 0.3 is 0 Å². The van der Waals surface area contributed by atoms with E-state index in [1.165, 1.54) is 4.68 Å². The molecule has 0 fully saturated rings. The average molecular weight is 389 g/mol. The van der Waals surface area contributed by atoms with Gasteiger partial charge < -0.3 is 9.84 Å². The molecule has 0 spiro atoms. The second-order valence-electron chi connectivity index (χ2n) is 5.75. The summed E-state index contributed by atoms with van der Waals surface area (Å²) in [6.45, 7) is 3.88. The number of halogens is 1. The molecule has 0 aliphatic heterocycles. The van der Waals surface area contributed by atoms with Crippen molar-refractivity contribution in [3.05, 3.63) is 68.7 Å². The number of phenols is 1. The highest BCUT2D eigenvalue weighted by Crippen LogP contribution is 2.22. The molecule has 0 unspecified atom stereocenters. The molecule has 0 saturated carbocycles. The lowest BCUT2D eigenvalue weighted by Crippen LogP contribution is -2.04. The molecule has 134 valence electrons. The molecule has 3 aromatic rings. The van der Waals surface area contributed by atoms with Crippen LogP contribution in [-0.4, -0.2) is 26.2 Å². The van der Waals surface area contributed by atoms with Gasteiger partial charge in [-0.15, -0.1) is 0 Å². The zero-order valence-corrected chi connectivity index (χ0v) is 15.8. The summed E-state index contributed by atoms with van der Waals surface area (Å²) in [5, 5.41) is 21.8. The fourth-order valence-corrected chi connectivity index (χ4v) is 2.73. The van der Waals surface area contributed by atoms with Gasteiger partial charge in [-0.3, -0.25) is 0 Å². The van der Waals surface area contributed by atoms with Gasteiger partial charge in [-0.2, -0.15) is 14.9 Å². The van der Waals surface area contributed by atoms with Crippen LogP contribution < -0.4 is 4.74 Å². The molecular formula is C18H17ClN4O2S. The van der Waals surface area contributed by atoms with Crippen LogP contribution in [0, 0.1) is 18.6 Å². The number of hydrogen-bond donors (Lipinski definition) is 2. The van der Waals surface area contributed by atoms with Crippen LogP contribution in [0.1, 0.15) is 22.5 Å². The molecule has 0 bridgehead atoms. The monoisotopic (exact) mass is 388 g/mol. The maximum Gasteiger partial charge on any atom is 0.216 e. The Labute approximate surface area is 160 Å². The van der Waals surface area contributed by atoms with Gasteiger partial charge in [0.15, 0.2) is 5.82 Å². The summed E-state index contributed by atoms with van der Waals surface area (Å²) in [5.41, 5.74) is 2.42. The van der Waals surface area contributed by atoms with Crippen molar-refractivity contribution in [3.63, 3.8) is 0 Å². The quantitative estimate of drug-likeness (QED) is 0.502. The van der Waals surface area contributed by atoms with E-state index in [9.17, 15) is 5.11 Å². The zero-order valence-electron chi connectivity index (χ0n) is 14.2. The zero-order chi connectivity index (χ0) is 18.7. The Bertz CT molecular complexity index is 986. The second-order valence-corrected chi connectivity index (χ2v) is 6.57. The number of aryl methyl sites for hydroxylation is 2. The molecule has 1 heterocycles. The number of rotatable bonds is 5. The molecule has 3 rings (SSSR count). The van der Waals surface area contributed by atoms with E-state index in [0.717, 1.165) is 16.7 Å². The molecule has 2 aromatic carbocycles. The molecule has 8 heteroatoms. The first kappa shape index (κ1) is 18.2. The first-order valence-corrected chi connectivity index (χ1v) is 8.62. The SMILES string of the molecule is Cc1cc(/C=N/n2c(COc3ccc(Cl)cc3)n[nH]c2=S)cc(C)c1O. The normalized spacial score (nSPS) is 11.2. The van der Waals surface area contributed by atoms with Crippen molar-refractivity contribution < 1.29 is 9.84 Å². The van der Waals surface area contributed by atoms with Crippen LogP contribution in [0.25, 0.3) is 0 Å². The number of aromatic amines is 1. The number of nitrogens with one attached hydrogen (secondary N) is 1. The van der Waals surface area contributed by atoms with Gasteiger partial charge in [0.25, 0.3) is 0 Å². The van der Waals surface area contributed by atoms with Crippen LogP contribution in [0.5, 0.6) is 11.5 Å². The number of ether oxygens (including phenoxy) is 1. The number of aromatic nitrogens is 3. The Morgan fingerprint density at radius 1 is 1.27 bits per heavy atom. The molecule has 0 saturated heterocycles. The fourth-order valence-electron chi connectivity index (χ4n) is 2.40. The van der Waals surface area contributed by atoms with Crippen LogP contribution in [0.15, 0.2) is 41.5 Å². The van der Waals surface area contributed by atoms with Crippen LogP contribution in [-0.2, 0) is 6.61 Å². The summed E-state index contributed by atoms with van der Waals surface area (Å²) in [6.07, 6.45) is 1.66. The molecule has 26 heavy (non-hydrogen) atoms. The Morgan fingerprint density at radius 3 is 2.58 bits per heavy atom. The number of H-pyrrole nitrogens is 1. The lowest BCUT2D eigenvalue weighted by atomic mass is 10.1. The third kappa shape index (κ3) is 4.12. The van der Waals surface area contributed by atoms with Crippen molar-refractivity contribution in [2.24, 2.45) is 5.10 Å². The van der Waals surface area contributed by atoms with E-state index in [4.69, 9.17) is 28.6 Å². The van der Waals surface area contributed by atoms with Crippen LogP contribution in [0.2, 0.25) is 5.02 Å². The number of phenolic OH excluding ortho intramolecular Hbond substituents is 1. The first-order valence-electron chi connectivity index (χ1n) is 7.83. The highest BCUT2D eigenvalue weighted by molar-refractivity contribution is 7.71. The van der Waals surface area contributed by atoms with Gasteiger partial charge in [0, 0.05) is 5.02 Å². The predicted octanol–water partition coefficient (Wildman–Crippen LogP) is 4.38. The van der Waals surface area contributed by atoms with Crippen molar-refractivity contribution in [1.29, 1.82) is 0 Å².